The number of carbonyl (C=O) groups excluding carboxylic acids is 2. The third kappa shape index (κ3) is 5.60. The van der Waals surface area contributed by atoms with Gasteiger partial charge >= 0.3 is 0 Å². The van der Waals surface area contributed by atoms with Crippen molar-refractivity contribution in [1.82, 2.24) is 15.5 Å². The van der Waals surface area contributed by atoms with E-state index in [1.165, 1.54) is 11.3 Å². The molecule has 0 aliphatic rings. The van der Waals surface area contributed by atoms with Crippen LogP contribution in [0.15, 0.2) is 28.7 Å². The largest absolute Gasteiger partial charge is 0.344 e. The van der Waals surface area contributed by atoms with E-state index >= 15 is 0 Å². The second kappa shape index (κ2) is 9.78. The van der Waals surface area contributed by atoms with Crippen molar-refractivity contribution < 1.29 is 9.59 Å². The summed E-state index contributed by atoms with van der Waals surface area (Å²) in [7, 11) is 0. The minimum atomic E-state index is -0.584. The maximum Gasteiger partial charge on any atom is 0.249 e. The average molecular weight is 439 g/mol. The molecule has 8 heteroatoms. The Balaban J connectivity index is 2.08. The van der Waals surface area contributed by atoms with Gasteiger partial charge in [0, 0.05) is 16.5 Å². The van der Waals surface area contributed by atoms with Gasteiger partial charge in [-0.05, 0) is 24.5 Å². The van der Waals surface area contributed by atoms with Gasteiger partial charge in [0.05, 0.1) is 0 Å². The van der Waals surface area contributed by atoms with Crippen LogP contribution in [0.2, 0.25) is 0 Å². The van der Waals surface area contributed by atoms with Crippen LogP contribution in [-0.2, 0) is 9.59 Å². The third-order valence-electron chi connectivity index (χ3n) is 4.04. The summed E-state index contributed by atoms with van der Waals surface area (Å²) < 4.78 is 0.985. The number of carbonyl (C=O) groups is 2. The summed E-state index contributed by atoms with van der Waals surface area (Å²) >= 11 is 4.70. The predicted molar refractivity (Wildman–Crippen MR) is 108 cm³/mol. The average Bonchev–Trinajstić information content (AvgIpc) is 3.08. The molecular formula is C18H23BrN4O2S. The van der Waals surface area contributed by atoms with Gasteiger partial charge in [-0.25, -0.2) is 0 Å². The van der Waals surface area contributed by atoms with Crippen molar-refractivity contribution in [3.63, 3.8) is 0 Å². The van der Waals surface area contributed by atoms with E-state index in [0.717, 1.165) is 27.9 Å². The summed E-state index contributed by atoms with van der Waals surface area (Å²) in [5, 5.41) is 15.0. The Morgan fingerprint density at radius 3 is 2.50 bits per heavy atom. The SMILES string of the molecule is CCCC(=O)NC(C(=O)Nc1nnc(-c2ccc(Br)cc2)s1)C(C)CC. The molecule has 2 N–H and O–H groups in total. The van der Waals surface area contributed by atoms with Crippen molar-refractivity contribution in [2.75, 3.05) is 5.32 Å². The van der Waals surface area contributed by atoms with Crippen molar-refractivity contribution in [2.45, 2.75) is 46.1 Å². The second-order valence-electron chi connectivity index (χ2n) is 6.09. The number of nitrogens with zero attached hydrogens (tertiary/aromatic N) is 2. The van der Waals surface area contributed by atoms with Crippen molar-refractivity contribution >= 4 is 44.2 Å². The highest BCUT2D eigenvalue weighted by Gasteiger charge is 2.26. The molecule has 2 unspecified atom stereocenters. The first-order chi connectivity index (χ1) is 12.4. The Labute approximate surface area is 165 Å². The zero-order valence-corrected chi connectivity index (χ0v) is 17.5. The van der Waals surface area contributed by atoms with Crippen LogP contribution in [0.4, 0.5) is 5.13 Å². The molecule has 1 heterocycles. The van der Waals surface area contributed by atoms with Gasteiger partial charge in [-0.1, -0.05) is 66.6 Å². The van der Waals surface area contributed by atoms with Gasteiger partial charge in [-0.2, -0.15) is 0 Å². The normalized spacial score (nSPS) is 13.1. The minimum Gasteiger partial charge on any atom is -0.344 e. The lowest BCUT2D eigenvalue weighted by atomic mass is 9.98. The van der Waals surface area contributed by atoms with Gasteiger partial charge in [-0.3, -0.25) is 14.9 Å². The van der Waals surface area contributed by atoms with Crippen LogP contribution in [0.1, 0.15) is 40.0 Å². The van der Waals surface area contributed by atoms with Gasteiger partial charge in [-0.15, -0.1) is 10.2 Å². The summed E-state index contributed by atoms with van der Waals surface area (Å²) in [5.74, 6) is -0.349. The van der Waals surface area contributed by atoms with Gasteiger partial charge in [0.15, 0.2) is 0 Å². The number of benzene rings is 1. The highest BCUT2D eigenvalue weighted by molar-refractivity contribution is 9.10. The fourth-order valence-corrected chi connectivity index (χ4v) is 3.36. The maximum absolute atomic E-state index is 12.7. The Bertz CT molecular complexity index is 748. The van der Waals surface area contributed by atoms with E-state index in [4.69, 9.17) is 0 Å². The quantitative estimate of drug-likeness (QED) is 0.645. The standard InChI is InChI=1S/C18H23BrN4O2S/c1-4-6-14(24)20-15(11(3)5-2)16(25)21-18-23-22-17(26-18)12-7-9-13(19)10-8-12/h7-11,15H,4-6H2,1-3H3,(H,20,24)(H,21,23,25). The number of nitrogens with one attached hydrogen (secondary N) is 2. The molecule has 0 aliphatic heterocycles. The molecule has 2 aromatic rings. The highest BCUT2D eigenvalue weighted by Crippen LogP contribution is 2.27. The van der Waals surface area contributed by atoms with Crippen molar-refractivity contribution in [3.8, 4) is 10.6 Å². The molecule has 0 saturated heterocycles. The molecule has 6 nitrogen and oxygen atoms in total. The molecule has 26 heavy (non-hydrogen) atoms. The molecule has 2 atom stereocenters. The summed E-state index contributed by atoms with van der Waals surface area (Å²) in [6.07, 6.45) is 1.94. The zero-order valence-electron chi connectivity index (χ0n) is 15.1. The van der Waals surface area contributed by atoms with Gasteiger partial charge in [0.2, 0.25) is 16.9 Å². The minimum absolute atomic E-state index is 0.0228. The molecule has 0 bridgehead atoms. The van der Waals surface area contributed by atoms with E-state index < -0.39 is 6.04 Å². The molecular weight excluding hydrogens is 416 g/mol. The molecule has 2 rings (SSSR count). The molecule has 0 saturated carbocycles. The summed E-state index contributed by atoms with van der Waals surface area (Å²) in [6.45, 7) is 5.88. The summed E-state index contributed by atoms with van der Waals surface area (Å²) in [4.78, 5) is 24.6. The van der Waals surface area contributed by atoms with Crippen molar-refractivity contribution in [3.05, 3.63) is 28.7 Å². The number of anilines is 1. The highest BCUT2D eigenvalue weighted by atomic mass is 79.9. The monoisotopic (exact) mass is 438 g/mol. The van der Waals surface area contributed by atoms with E-state index in [-0.39, 0.29) is 17.7 Å². The fourth-order valence-electron chi connectivity index (χ4n) is 2.34. The van der Waals surface area contributed by atoms with Crippen LogP contribution >= 0.6 is 27.3 Å². The zero-order chi connectivity index (χ0) is 19.1. The van der Waals surface area contributed by atoms with Crippen LogP contribution in [0.3, 0.4) is 0 Å². The Morgan fingerprint density at radius 1 is 1.19 bits per heavy atom. The molecule has 2 amide bonds. The Kier molecular flexibility index (Phi) is 7.71. The van der Waals surface area contributed by atoms with Crippen LogP contribution in [0.25, 0.3) is 10.6 Å². The molecule has 0 spiro atoms. The van der Waals surface area contributed by atoms with Crippen molar-refractivity contribution in [2.24, 2.45) is 5.92 Å². The topological polar surface area (TPSA) is 84.0 Å². The Morgan fingerprint density at radius 2 is 1.88 bits per heavy atom. The van der Waals surface area contributed by atoms with E-state index in [0.29, 0.717) is 11.6 Å². The Hall–Kier alpha value is -1.80. The lowest BCUT2D eigenvalue weighted by Gasteiger charge is -2.22. The first-order valence-electron chi connectivity index (χ1n) is 8.64. The number of amides is 2. The maximum atomic E-state index is 12.7. The fraction of sp³-hybridized carbons (Fsp3) is 0.444. The van der Waals surface area contributed by atoms with Gasteiger partial charge in [0.25, 0.3) is 0 Å². The summed E-state index contributed by atoms with van der Waals surface area (Å²) in [6, 6.07) is 7.14. The van der Waals surface area contributed by atoms with Crippen LogP contribution in [0, 0.1) is 5.92 Å². The van der Waals surface area contributed by atoms with E-state index in [1.54, 1.807) is 0 Å². The number of hydrogen-bond donors (Lipinski definition) is 2. The summed E-state index contributed by atoms with van der Waals surface area (Å²) in [5.41, 5.74) is 0.931. The van der Waals surface area contributed by atoms with E-state index in [9.17, 15) is 9.59 Å². The second-order valence-corrected chi connectivity index (χ2v) is 7.98. The van der Waals surface area contributed by atoms with E-state index in [1.807, 2.05) is 45.0 Å². The number of rotatable bonds is 8. The molecule has 0 radical (unpaired) electrons. The number of halogens is 1. The number of aromatic nitrogens is 2. The number of hydrogen-bond acceptors (Lipinski definition) is 5. The molecule has 140 valence electrons. The molecule has 0 fully saturated rings. The molecule has 0 aliphatic carbocycles. The first kappa shape index (κ1) is 20.5. The lowest BCUT2D eigenvalue weighted by molar-refractivity contribution is -0.127. The van der Waals surface area contributed by atoms with Gasteiger partial charge < -0.3 is 5.32 Å². The first-order valence-corrected chi connectivity index (χ1v) is 10.2. The van der Waals surface area contributed by atoms with Crippen LogP contribution < -0.4 is 10.6 Å². The van der Waals surface area contributed by atoms with Crippen molar-refractivity contribution in [1.29, 1.82) is 0 Å². The van der Waals surface area contributed by atoms with Gasteiger partial charge in [0.1, 0.15) is 11.0 Å². The third-order valence-corrected chi connectivity index (χ3v) is 5.45. The van der Waals surface area contributed by atoms with Crippen LogP contribution in [-0.4, -0.2) is 28.1 Å². The molecule has 1 aromatic carbocycles. The van der Waals surface area contributed by atoms with E-state index in [2.05, 4.69) is 36.8 Å². The smallest absolute Gasteiger partial charge is 0.249 e. The predicted octanol–water partition coefficient (Wildman–Crippen LogP) is 4.24. The molecule has 1 aromatic heterocycles. The lowest BCUT2D eigenvalue weighted by Crippen LogP contribution is -2.47. The van der Waals surface area contributed by atoms with Crippen LogP contribution in [0.5, 0.6) is 0 Å².